The molecule has 2 aromatic carbocycles. The number of anilines is 2. The molecular weight excluding hydrogens is 529 g/mol. The number of carbonyl (C=O) groups is 2. The van der Waals surface area contributed by atoms with Crippen LogP contribution in [-0.2, 0) is 20.2 Å². The molecule has 0 unspecified atom stereocenters. The maximum absolute atomic E-state index is 13.5. The minimum atomic E-state index is -4.67. The molecule has 0 aliphatic heterocycles. The molecule has 3 rings (SSSR count). The number of rotatable bonds is 6. The number of hydrogen-bond acceptors (Lipinski definition) is 6. The summed E-state index contributed by atoms with van der Waals surface area (Å²) in [6.07, 6.45) is -0.806. The van der Waals surface area contributed by atoms with Crippen molar-refractivity contribution in [3.8, 4) is 11.5 Å². The predicted octanol–water partition coefficient (Wildman–Crippen LogP) is 6.31. The normalized spacial score (nSPS) is 11.6. The molecule has 0 atom stereocenters. The van der Waals surface area contributed by atoms with E-state index in [1.54, 1.807) is 6.07 Å². The van der Waals surface area contributed by atoms with Gasteiger partial charge in [0.2, 0.25) is 5.91 Å². The smallest absolute Gasteiger partial charge is 0.426 e. The Morgan fingerprint density at radius 3 is 2.31 bits per heavy atom. The molecule has 2 N–H and O–H groups in total. The van der Waals surface area contributed by atoms with E-state index in [1.165, 1.54) is 43.3 Å². The molecule has 1 aromatic heterocycles. The van der Waals surface area contributed by atoms with Crippen LogP contribution in [-0.4, -0.2) is 30.5 Å². The van der Waals surface area contributed by atoms with Crippen LogP contribution in [0.3, 0.4) is 0 Å². The van der Waals surface area contributed by atoms with Gasteiger partial charge < -0.3 is 15.2 Å². The lowest BCUT2D eigenvalue weighted by molar-refractivity contribution is -0.114. The van der Waals surface area contributed by atoms with Crippen LogP contribution < -0.4 is 14.4 Å². The third-order valence-electron chi connectivity index (χ3n) is 4.88. The van der Waals surface area contributed by atoms with E-state index in [0.717, 1.165) is 12.3 Å². The van der Waals surface area contributed by atoms with Gasteiger partial charge in [-0.3, -0.25) is 4.79 Å². The molecular formula is C24H23Cl2N3O6S. The number of carbonyl (C=O) groups excluding carboxylic acids is 1. The van der Waals surface area contributed by atoms with Crippen molar-refractivity contribution < 1.29 is 27.9 Å². The van der Waals surface area contributed by atoms with Crippen molar-refractivity contribution in [2.45, 2.75) is 38.0 Å². The van der Waals surface area contributed by atoms with Crippen molar-refractivity contribution in [3.63, 3.8) is 0 Å². The molecule has 0 aliphatic rings. The molecule has 0 saturated heterocycles. The van der Waals surface area contributed by atoms with E-state index in [4.69, 9.17) is 27.9 Å². The number of pyridine rings is 1. The fourth-order valence-electron chi connectivity index (χ4n) is 3.28. The van der Waals surface area contributed by atoms with Crippen LogP contribution in [0.15, 0.2) is 59.6 Å². The topological polar surface area (TPSA) is 126 Å². The summed E-state index contributed by atoms with van der Waals surface area (Å²) in [5.74, 6) is -0.141. The van der Waals surface area contributed by atoms with Crippen LogP contribution in [0.1, 0.15) is 33.3 Å². The third kappa shape index (κ3) is 5.89. The standard InChI is InChI=1S/C24H23Cl2N3O6S/c1-14(30)28-21-11-9-16(13-27-21)36(33,34)29(23(31)32)19-7-5-6-17(24(2,3)4)22(19)35-20-10-8-15(25)12-18(20)26/h5-13H,1-4H3,(H,31,32)(H,27,28,30). The van der Waals surface area contributed by atoms with E-state index in [1.807, 2.05) is 20.8 Å². The number of sulfonamides is 1. The summed E-state index contributed by atoms with van der Waals surface area (Å²) in [4.78, 5) is 27.1. The summed E-state index contributed by atoms with van der Waals surface area (Å²) in [5.41, 5.74) is -0.279. The maximum Gasteiger partial charge on any atom is 0.426 e. The van der Waals surface area contributed by atoms with Crippen LogP contribution >= 0.6 is 23.2 Å². The van der Waals surface area contributed by atoms with Gasteiger partial charge in [-0.05, 0) is 41.8 Å². The first kappa shape index (κ1) is 27.3. The second kappa shape index (κ2) is 10.3. The predicted molar refractivity (Wildman–Crippen MR) is 138 cm³/mol. The Labute approximate surface area is 218 Å². The van der Waals surface area contributed by atoms with Crippen LogP contribution in [0.25, 0.3) is 0 Å². The average molecular weight is 552 g/mol. The summed E-state index contributed by atoms with van der Waals surface area (Å²) in [7, 11) is -4.67. The van der Waals surface area contributed by atoms with Gasteiger partial charge >= 0.3 is 6.09 Å². The number of nitrogens with zero attached hydrogens (tertiary/aromatic N) is 2. The highest BCUT2D eigenvalue weighted by Gasteiger charge is 2.36. The molecule has 36 heavy (non-hydrogen) atoms. The number of halogens is 2. The van der Waals surface area contributed by atoms with Gasteiger partial charge in [0.1, 0.15) is 22.2 Å². The number of carboxylic acid groups (broad SMARTS) is 1. The van der Waals surface area contributed by atoms with Crippen LogP contribution in [0.5, 0.6) is 11.5 Å². The molecule has 12 heteroatoms. The number of nitrogens with one attached hydrogen (secondary N) is 1. The van der Waals surface area contributed by atoms with Crippen molar-refractivity contribution in [1.29, 1.82) is 0 Å². The lowest BCUT2D eigenvalue weighted by Gasteiger charge is -2.28. The molecule has 1 heterocycles. The lowest BCUT2D eigenvalue weighted by atomic mass is 9.86. The third-order valence-corrected chi connectivity index (χ3v) is 7.08. The van der Waals surface area contributed by atoms with E-state index in [-0.39, 0.29) is 32.3 Å². The number of amides is 2. The highest BCUT2D eigenvalue weighted by atomic mass is 35.5. The van der Waals surface area contributed by atoms with E-state index < -0.39 is 32.3 Å². The SMILES string of the molecule is CC(=O)Nc1ccc(S(=O)(=O)N(C(=O)O)c2cccc(C(C)(C)C)c2Oc2ccc(Cl)cc2Cl)cn1. The van der Waals surface area contributed by atoms with Gasteiger partial charge in [-0.1, -0.05) is 56.1 Å². The minimum absolute atomic E-state index is 0.0111. The average Bonchev–Trinajstić information content (AvgIpc) is 2.75. The summed E-state index contributed by atoms with van der Waals surface area (Å²) >= 11 is 12.3. The Kier molecular flexibility index (Phi) is 7.82. The Bertz CT molecular complexity index is 1420. The van der Waals surface area contributed by atoms with E-state index in [9.17, 15) is 23.1 Å². The summed E-state index contributed by atoms with van der Waals surface area (Å²) in [6.45, 7) is 6.88. The quantitative estimate of drug-likeness (QED) is 0.367. The van der Waals surface area contributed by atoms with Gasteiger partial charge in [-0.25, -0.2) is 18.2 Å². The Balaban J connectivity index is 2.20. The molecule has 0 saturated carbocycles. The number of hydrogen-bond donors (Lipinski definition) is 2. The van der Waals surface area contributed by atoms with Crippen LogP contribution in [0.2, 0.25) is 10.0 Å². The first-order valence-corrected chi connectivity index (χ1v) is 12.7. The lowest BCUT2D eigenvalue weighted by Crippen LogP contribution is -2.36. The van der Waals surface area contributed by atoms with Gasteiger partial charge in [0.15, 0.2) is 5.75 Å². The van der Waals surface area contributed by atoms with Gasteiger partial charge in [0.05, 0.1) is 5.02 Å². The van der Waals surface area contributed by atoms with Crippen molar-refractivity contribution >= 4 is 56.7 Å². The number of ether oxygens (including phenoxy) is 1. The fourth-order valence-corrected chi connectivity index (χ4v) is 4.97. The summed E-state index contributed by atoms with van der Waals surface area (Å²) < 4.78 is 33.3. The van der Waals surface area contributed by atoms with Crippen molar-refractivity contribution in [2.24, 2.45) is 0 Å². The molecule has 0 spiro atoms. The fraction of sp³-hybridized carbons (Fsp3) is 0.208. The first-order valence-electron chi connectivity index (χ1n) is 10.5. The van der Waals surface area contributed by atoms with E-state index in [0.29, 0.717) is 10.6 Å². The summed E-state index contributed by atoms with van der Waals surface area (Å²) in [5, 5.41) is 13.0. The monoisotopic (exact) mass is 551 g/mol. The highest BCUT2D eigenvalue weighted by Crippen LogP contribution is 2.44. The van der Waals surface area contributed by atoms with E-state index in [2.05, 4.69) is 10.3 Å². The Morgan fingerprint density at radius 2 is 1.78 bits per heavy atom. The van der Waals surface area contributed by atoms with Gasteiger partial charge in [-0.2, -0.15) is 4.31 Å². The van der Waals surface area contributed by atoms with Crippen molar-refractivity contribution in [3.05, 3.63) is 70.3 Å². The molecule has 9 nitrogen and oxygen atoms in total. The van der Waals surface area contributed by atoms with E-state index >= 15 is 0 Å². The zero-order valence-electron chi connectivity index (χ0n) is 19.7. The molecule has 190 valence electrons. The molecule has 0 fully saturated rings. The van der Waals surface area contributed by atoms with Crippen LogP contribution in [0, 0.1) is 0 Å². The maximum atomic E-state index is 13.5. The minimum Gasteiger partial charge on any atom is -0.464 e. The van der Waals surface area contributed by atoms with Crippen LogP contribution in [0.4, 0.5) is 16.3 Å². The molecule has 0 bridgehead atoms. The Morgan fingerprint density at radius 1 is 1.08 bits per heavy atom. The highest BCUT2D eigenvalue weighted by molar-refractivity contribution is 7.93. The molecule has 3 aromatic rings. The first-order chi connectivity index (χ1) is 16.7. The molecule has 0 aliphatic carbocycles. The van der Waals surface area contributed by atoms with Gasteiger partial charge in [0.25, 0.3) is 10.0 Å². The second-order valence-electron chi connectivity index (χ2n) is 8.69. The van der Waals surface area contributed by atoms with Crippen molar-refractivity contribution in [2.75, 3.05) is 9.62 Å². The second-order valence-corrected chi connectivity index (χ2v) is 11.3. The van der Waals surface area contributed by atoms with Crippen molar-refractivity contribution in [1.82, 2.24) is 4.98 Å². The number of para-hydroxylation sites is 1. The zero-order valence-corrected chi connectivity index (χ0v) is 22.1. The number of benzene rings is 2. The Hall–Kier alpha value is -3.34. The number of aromatic nitrogens is 1. The van der Waals surface area contributed by atoms with Gasteiger partial charge in [-0.15, -0.1) is 0 Å². The largest absolute Gasteiger partial charge is 0.464 e. The zero-order chi connectivity index (χ0) is 26.8. The van der Waals surface area contributed by atoms with Gasteiger partial charge in [0, 0.05) is 23.7 Å². The molecule has 0 radical (unpaired) electrons. The summed E-state index contributed by atoms with van der Waals surface area (Å²) in [6, 6.07) is 11.5. The molecule has 2 amide bonds.